The van der Waals surface area contributed by atoms with Gasteiger partial charge in [0, 0.05) is 24.5 Å². The number of benzene rings is 1. The molecular weight excluding hydrogens is 444 g/mol. The molecule has 1 aromatic carbocycles. The highest BCUT2D eigenvalue weighted by atomic mass is 35.5. The third-order valence-electron chi connectivity index (χ3n) is 7.93. The number of hydrogen-bond donors (Lipinski definition) is 2. The Morgan fingerprint density at radius 2 is 1.88 bits per heavy atom. The highest BCUT2D eigenvalue weighted by molar-refractivity contribution is 7.87. The Balaban J connectivity index is 1.28. The summed E-state index contributed by atoms with van der Waals surface area (Å²) in [4.78, 5) is 12.8. The van der Waals surface area contributed by atoms with Gasteiger partial charge in [-0.2, -0.15) is 4.98 Å². The fraction of sp³-hybridized carbons (Fsp3) is 0.583. The molecule has 8 heteroatoms. The molecule has 2 aliphatic carbocycles. The number of fused-ring (bicyclic) bond motifs is 2. The Labute approximate surface area is 196 Å². The number of rotatable bonds is 5. The first-order valence-electron chi connectivity index (χ1n) is 11.5. The van der Waals surface area contributed by atoms with E-state index in [2.05, 4.69) is 22.3 Å². The zero-order valence-corrected chi connectivity index (χ0v) is 20.0. The standard InChI is InChI=1S/C24H29ClN4O2S/c1-23(2)10-18-20(32(23)31)21(28-24(13-30)8-3-9-24)27-22(26-18)29-11-16-17(12-29)19(16)14-4-6-15(25)7-5-14/h4-7,16-17,19,30H,3,8-13H2,1-2H3,(H,26,27,28)/t16?,17?,19?,32-/m0/s1. The van der Waals surface area contributed by atoms with E-state index in [1.54, 1.807) is 0 Å². The van der Waals surface area contributed by atoms with Gasteiger partial charge in [0.2, 0.25) is 5.95 Å². The van der Waals surface area contributed by atoms with Gasteiger partial charge in [-0.3, -0.25) is 4.21 Å². The van der Waals surface area contributed by atoms with Gasteiger partial charge in [0.15, 0.2) is 0 Å². The summed E-state index contributed by atoms with van der Waals surface area (Å²) in [7, 11) is -1.17. The average molecular weight is 473 g/mol. The van der Waals surface area contributed by atoms with Crippen LogP contribution >= 0.6 is 11.6 Å². The van der Waals surface area contributed by atoms with Crippen LogP contribution in [0.25, 0.3) is 0 Å². The first-order chi connectivity index (χ1) is 15.3. The molecule has 2 saturated carbocycles. The first-order valence-corrected chi connectivity index (χ1v) is 13.1. The van der Waals surface area contributed by atoms with Crippen LogP contribution in [0.2, 0.25) is 5.02 Å². The molecule has 32 heavy (non-hydrogen) atoms. The van der Waals surface area contributed by atoms with Crippen LogP contribution in [-0.4, -0.2) is 49.3 Å². The van der Waals surface area contributed by atoms with Crippen molar-refractivity contribution in [3.63, 3.8) is 0 Å². The van der Waals surface area contributed by atoms with Crippen molar-refractivity contribution in [1.29, 1.82) is 0 Å². The molecule has 3 heterocycles. The van der Waals surface area contributed by atoms with Crippen molar-refractivity contribution in [3.8, 4) is 0 Å². The van der Waals surface area contributed by atoms with Crippen LogP contribution in [0.4, 0.5) is 11.8 Å². The van der Waals surface area contributed by atoms with E-state index >= 15 is 0 Å². The molecule has 2 N–H and O–H groups in total. The SMILES string of the molecule is CC1(C)Cc2nc(N3CC4C(C3)C4c3ccc(Cl)cc3)nc(NC3(CO)CCC3)c2[S@@]1=O. The maximum absolute atomic E-state index is 13.2. The summed E-state index contributed by atoms with van der Waals surface area (Å²) in [5.74, 6) is 3.22. The summed E-state index contributed by atoms with van der Waals surface area (Å²) < 4.78 is 12.9. The first kappa shape index (κ1) is 20.9. The van der Waals surface area contributed by atoms with Crippen molar-refractivity contribution in [1.82, 2.24) is 9.97 Å². The van der Waals surface area contributed by atoms with Crippen molar-refractivity contribution in [3.05, 3.63) is 40.5 Å². The molecule has 0 radical (unpaired) electrons. The summed E-state index contributed by atoms with van der Waals surface area (Å²) >= 11 is 6.05. The number of anilines is 2. The minimum absolute atomic E-state index is 0.0633. The lowest BCUT2D eigenvalue weighted by Crippen LogP contribution is -2.48. The Morgan fingerprint density at radius 1 is 1.19 bits per heavy atom. The molecule has 6 nitrogen and oxygen atoms in total. The van der Waals surface area contributed by atoms with Crippen molar-refractivity contribution >= 4 is 34.2 Å². The Kier molecular flexibility index (Phi) is 4.66. The number of piperidine rings is 1. The van der Waals surface area contributed by atoms with Crippen molar-refractivity contribution in [2.45, 2.75) is 60.6 Å². The summed E-state index contributed by atoms with van der Waals surface area (Å²) in [6, 6.07) is 8.25. The molecule has 0 bridgehead atoms. The fourth-order valence-electron chi connectivity index (χ4n) is 5.82. The second-order valence-electron chi connectivity index (χ2n) is 10.6. The van der Waals surface area contributed by atoms with Gasteiger partial charge >= 0.3 is 0 Å². The third-order valence-corrected chi connectivity index (χ3v) is 10.1. The second kappa shape index (κ2) is 7.15. The second-order valence-corrected chi connectivity index (χ2v) is 13.1. The zero-order chi connectivity index (χ0) is 22.3. The molecule has 3 atom stereocenters. The Morgan fingerprint density at radius 3 is 2.47 bits per heavy atom. The molecule has 6 rings (SSSR count). The highest BCUT2D eigenvalue weighted by Crippen LogP contribution is 2.58. The van der Waals surface area contributed by atoms with E-state index < -0.39 is 10.8 Å². The summed E-state index contributed by atoms with van der Waals surface area (Å²) in [6.07, 6.45) is 3.58. The minimum atomic E-state index is -1.17. The monoisotopic (exact) mass is 472 g/mol. The maximum atomic E-state index is 13.2. The van der Waals surface area contributed by atoms with E-state index in [-0.39, 0.29) is 16.9 Å². The zero-order valence-electron chi connectivity index (χ0n) is 18.5. The quantitative estimate of drug-likeness (QED) is 0.690. The van der Waals surface area contributed by atoms with Crippen LogP contribution in [-0.2, 0) is 17.2 Å². The van der Waals surface area contributed by atoms with E-state index in [1.807, 2.05) is 26.0 Å². The van der Waals surface area contributed by atoms with Gasteiger partial charge in [-0.15, -0.1) is 0 Å². The van der Waals surface area contributed by atoms with Gasteiger partial charge in [0.05, 0.1) is 33.4 Å². The summed E-state index contributed by atoms with van der Waals surface area (Å²) in [5.41, 5.74) is 1.92. The van der Waals surface area contributed by atoms with E-state index in [0.29, 0.717) is 30.0 Å². The number of aromatic nitrogens is 2. The molecule has 1 aromatic heterocycles. The van der Waals surface area contributed by atoms with Gasteiger partial charge in [-0.1, -0.05) is 23.7 Å². The smallest absolute Gasteiger partial charge is 0.227 e. The average Bonchev–Trinajstić information content (AvgIpc) is 3.11. The Bertz CT molecular complexity index is 1080. The van der Waals surface area contributed by atoms with E-state index in [9.17, 15) is 9.32 Å². The normalized spacial score (nSPS) is 31.1. The Hall–Kier alpha value is -1.70. The predicted molar refractivity (Wildman–Crippen MR) is 127 cm³/mol. The van der Waals surface area contributed by atoms with Gasteiger partial charge in [-0.05, 0) is 68.6 Å². The number of halogens is 1. The maximum Gasteiger partial charge on any atom is 0.227 e. The van der Waals surface area contributed by atoms with Crippen LogP contribution < -0.4 is 10.2 Å². The van der Waals surface area contributed by atoms with Gasteiger partial charge in [0.1, 0.15) is 10.7 Å². The van der Waals surface area contributed by atoms with Crippen LogP contribution in [0, 0.1) is 11.8 Å². The van der Waals surface area contributed by atoms with Gasteiger partial charge in [0.25, 0.3) is 0 Å². The van der Waals surface area contributed by atoms with Crippen molar-refractivity contribution in [2.24, 2.45) is 11.8 Å². The highest BCUT2D eigenvalue weighted by Gasteiger charge is 2.57. The van der Waals surface area contributed by atoms with Crippen LogP contribution in [0.5, 0.6) is 0 Å². The lowest BCUT2D eigenvalue weighted by atomic mass is 9.77. The van der Waals surface area contributed by atoms with E-state index in [4.69, 9.17) is 21.6 Å². The lowest BCUT2D eigenvalue weighted by Gasteiger charge is -2.41. The number of aliphatic hydroxyl groups is 1. The van der Waals surface area contributed by atoms with Crippen LogP contribution in [0.1, 0.15) is 50.3 Å². The van der Waals surface area contributed by atoms with Gasteiger partial charge in [-0.25, -0.2) is 4.98 Å². The summed E-state index contributed by atoms with van der Waals surface area (Å²) in [6.45, 7) is 6.00. The largest absolute Gasteiger partial charge is 0.394 e. The lowest BCUT2D eigenvalue weighted by molar-refractivity contribution is 0.143. The number of aliphatic hydroxyl groups excluding tert-OH is 1. The predicted octanol–water partition coefficient (Wildman–Crippen LogP) is 3.75. The van der Waals surface area contributed by atoms with E-state index in [1.165, 1.54) is 5.56 Å². The third kappa shape index (κ3) is 3.19. The molecular formula is C24H29ClN4O2S. The van der Waals surface area contributed by atoms with Crippen molar-refractivity contribution < 1.29 is 9.32 Å². The van der Waals surface area contributed by atoms with Crippen molar-refractivity contribution in [2.75, 3.05) is 29.9 Å². The molecule has 4 aliphatic rings. The molecule has 0 spiro atoms. The number of nitrogens with one attached hydrogen (secondary N) is 1. The molecule has 2 unspecified atom stereocenters. The number of hydrogen-bond acceptors (Lipinski definition) is 6. The molecule has 1 saturated heterocycles. The molecule has 2 aliphatic heterocycles. The van der Waals surface area contributed by atoms with Crippen LogP contribution in [0.3, 0.4) is 0 Å². The topological polar surface area (TPSA) is 78.3 Å². The number of nitrogens with zero attached hydrogens (tertiary/aromatic N) is 3. The van der Waals surface area contributed by atoms with E-state index in [0.717, 1.165) is 53.9 Å². The molecule has 2 aromatic rings. The summed E-state index contributed by atoms with van der Waals surface area (Å²) in [5, 5.41) is 14.3. The fourth-order valence-corrected chi connectivity index (χ4v) is 7.37. The molecule has 170 valence electrons. The molecule has 0 amide bonds. The van der Waals surface area contributed by atoms with Crippen LogP contribution in [0.15, 0.2) is 29.2 Å². The van der Waals surface area contributed by atoms with Gasteiger partial charge < -0.3 is 15.3 Å². The minimum Gasteiger partial charge on any atom is -0.394 e. The molecule has 3 fully saturated rings.